The fourth-order valence-corrected chi connectivity index (χ4v) is 3.15. The van der Waals surface area contributed by atoms with Gasteiger partial charge in [0.05, 0.1) is 5.69 Å². The maximum atomic E-state index is 4.26. The van der Waals surface area contributed by atoms with Crippen molar-refractivity contribution in [3.05, 3.63) is 11.3 Å². The first-order valence-electron chi connectivity index (χ1n) is 3.98. The van der Waals surface area contributed by atoms with Gasteiger partial charge in [-0.1, -0.05) is 20.8 Å². The van der Waals surface area contributed by atoms with Crippen LogP contribution in [0.3, 0.4) is 0 Å². The summed E-state index contributed by atoms with van der Waals surface area (Å²) in [7, 11) is 1.39. The standard InChI is InChI=1S/C8H14N2S3/c1-5-6(8(2,3)4)7(13-12)10(11)9-5/h11-12H,1-4H3. The first-order valence-corrected chi connectivity index (χ1v) is 6.25. The average Bonchev–Trinajstić information content (AvgIpc) is 2.23. The van der Waals surface area contributed by atoms with E-state index in [1.54, 1.807) is 4.09 Å². The molecule has 0 bridgehead atoms. The molecule has 1 aromatic rings. The monoisotopic (exact) mass is 234 g/mol. The summed E-state index contributed by atoms with van der Waals surface area (Å²) in [6.45, 7) is 8.50. The first kappa shape index (κ1) is 11.3. The Morgan fingerprint density at radius 3 is 2.23 bits per heavy atom. The largest absolute Gasteiger partial charge is 0.202 e. The van der Waals surface area contributed by atoms with E-state index in [0.29, 0.717) is 0 Å². The summed E-state index contributed by atoms with van der Waals surface area (Å²) < 4.78 is 1.59. The molecule has 0 N–H and O–H groups in total. The minimum Gasteiger partial charge on any atom is -0.202 e. The van der Waals surface area contributed by atoms with Gasteiger partial charge in [0.25, 0.3) is 0 Å². The summed E-state index contributed by atoms with van der Waals surface area (Å²) in [6.07, 6.45) is 0. The van der Waals surface area contributed by atoms with Crippen LogP contribution in [-0.4, -0.2) is 9.19 Å². The molecular weight excluding hydrogens is 220 g/mol. The van der Waals surface area contributed by atoms with E-state index in [-0.39, 0.29) is 5.41 Å². The Hall–Kier alpha value is 0.260. The number of hydrogen-bond donors (Lipinski definition) is 2. The quantitative estimate of drug-likeness (QED) is 0.574. The summed E-state index contributed by atoms with van der Waals surface area (Å²) in [5.74, 6) is 0. The Bertz CT molecular complexity index is 312. The third-order valence-corrected chi connectivity index (χ3v) is 3.33. The van der Waals surface area contributed by atoms with Crippen molar-refractivity contribution in [2.45, 2.75) is 38.1 Å². The molecule has 13 heavy (non-hydrogen) atoms. The minimum absolute atomic E-state index is 0.0934. The second-order valence-electron chi connectivity index (χ2n) is 4.00. The number of nitrogens with zero attached hydrogens (tertiary/aromatic N) is 2. The molecule has 0 amide bonds. The molecule has 2 nitrogen and oxygen atoms in total. The summed E-state index contributed by atoms with van der Waals surface area (Å²) in [5.41, 5.74) is 2.34. The van der Waals surface area contributed by atoms with Crippen molar-refractivity contribution in [1.82, 2.24) is 9.19 Å². The van der Waals surface area contributed by atoms with Gasteiger partial charge < -0.3 is 0 Å². The SMILES string of the molecule is Cc1nn(S)c(SS)c1C(C)(C)C. The second-order valence-corrected chi connectivity index (χ2v) is 5.49. The van der Waals surface area contributed by atoms with Crippen molar-refractivity contribution >= 4 is 35.3 Å². The summed E-state index contributed by atoms with van der Waals surface area (Å²) in [6, 6.07) is 0. The Labute approximate surface area is 93.8 Å². The van der Waals surface area contributed by atoms with Gasteiger partial charge in [-0.2, -0.15) is 5.10 Å². The van der Waals surface area contributed by atoms with Gasteiger partial charge in [-0.15, -0.1) is 11.7 Å². The van der Waals surface area contributed by atoms with Crippen LogP contribution in [0.2, 0.25) is 0 Å². The summed E-state index contributed by atoms with van der Waals surface area (Å²) in [5, 5.41) is 5.27. The Morgan fingerprint density at radius 1 is 1.38 bits per heavy atom. The van der Waals surface area contributed by atoms with Crippen LogP contribution < -0.4 is 0 Å². The van der Waals surface area contributed by atoms with Crippen LogP contribution in [0.25, 0.3) is 0 Å². The Kier molecular flexibility index (Phi) is 3.30. The molecule has 0 aliphatic heterocycles. The molecule has 0 saturated heterocycles. The lowest BCUT2D eigenvalue weighted by molar-refractivity contribution is 0.573. The van der Waals surface area contributed by atoms with Crippen molar-refractivity contribution in [1.29, 1.82) is 0 Å². The molecule has 0 atom stereocenters. The lowest BCUT2D eigenvalue weighted by atomic mass is 9.87. The van der Waals surface area contributed by atoms with Crippen LogP contribution in [0.5, 0.6) is 0 Å². The normalized spacial score (nSPS) is 12.2. The van der Waals surface area contributed by atoms with Gasteiger partial charge in [-0.3, -0.25) is 0 Å². The number of thiol groups is 2. The fraction of sp³-hybridized carbons (Fsp3) is 0.625. The molecule has 0 saturated carbocycles. The van der Waals surface area contributed by atoms with Crippen molar-refractivity contribution in [3.8, 4) is 0 Å². The molecule has 1 aromatic heterocycles. The molecule has 5 heteroatoms. The van der Waals surface area contributed by atoms with Gasteiger partial charge in [0.2, 0.25) is 0 Å². The van der Waals surface area contributed by atoms with E-state index < -0.39 is 0 Å². The third kappa shape index (κ3) is 2.19. The summed E-state index contributed by atoms with van der Waals surface area (Å²) in [4.78, 5) is 0. The molecule has 0 fully saturated rings. The number of rotatable bonds is 1. The van der Waals surface area contributed by atoms with E-state index in [4.69, 9.17) is 0 Å². The highest BCUT2D eigenvalue weighted by atomic mass is 33.1. The molecule has 74 valence electrons. The van der Waals surface area contributed by atoms with Gasteiger partial charge in [0.15, 0.2) is 0 Å². The number of hydrogen-bond acceptors (Lipinski definition) is 4. The zero-order valence-corrected chi connectivity index (χ0v) is 10.8. The molecule has 0 spiro atoms. The van der Waals surface area contributed by atoms with Crippen LogP contribution in [0.1, 0.15) is 32.0 Å². The molecular formula is C8H14N2S3. The van der Waals surface area contributed by atoms with Crippen molar-refractivity contribution in [3.63, 3.8) is 0 Å². The predicted octanol–water partition coefficient (Wildman–Crippen LogP) is 3.12. The van der Waals surface area contributed by atoms with E-state index in [9.17, 15) is 0 Å². The molecule has 0 aliphatic carbocycles. The molecule has 0 unspecified atom stereocenters. The number of aryl methyl sites for hydroxylation is 1. The lowest BCUT2D eigenvalue weighted by Gasteiger charge is -2.19. The minimum atomic E-state index is 0.0934. The van der Waals surface area contributed by atoms with E-state index in [2.05, 4.69) is 50.3 Å². The predicted molar refractivity (Wildman–Crippen MR) is 64.9 cm³/mol. The van der Waals surface area contributed by atoms with Crippen LogP contribution in [0.15, 0.2) is 5.03 Å². The average molecular weight is 234 g/mol. The third-order valence-electron chi connectivity index (χ3n) is 1.84. The first-order chi connectivity index (χ1) is 5.88. The second kappa shape index (κ2) is 3.79. The molecule has 1 rings (SSSR count). The van der Waals surface area contributed by atoms with Crippen LogP contribution in [0.4, 0.5) is 0 Å². The van der Waals surface area contributed by atoms with E-state index in [0.717, 1.165) is 10.7 Å². The Morgan fingerprint density at radius 2 is 1.92 bits per heavy atom. The van der Waals surface area contributed by atoms with E-state index >= 15 is 0 Å². The molecule has 0 aliphatic rings. The highest BCUT2D eigenvalue weighted by molar-refractivity contribution is 8.68. The summed E-state index contributed by atoms with van der Waals surface area (Å²) >= 11 is 8.44. The molecule has 1 heterocycles. The maximum Gasteiger partial charge on any atom is 0.121 e. The highest BCUT2D eigenvalue weighted by Gasteiger charge is 2.24. The topological polar surface area (TPSA) is 17.8 Å². The van der Waals surface area contributed by atoms with Crippen LogP contribution in [0, 0.1) is 6.92 Å². The van der Waals surface area contributed by atoms with Crippen molar-refractivity contribution in [2.24, 2.45) is 0 Å². The number of aromatic nitrogens is 2. The highest BCUT2D eigenvalue weighted by Crippen LogP contribution is 2.36. The van der Waals surface area contributed by atoms with Crippen molar-refractivity contribution in [2.75, 3.05) is 0 Å². The van der Waals surface area contributed by atoms with Crippen molar-refractivity contribution < 1.29 is 0 Å². The molecule has 0 radical (unpaired) electrons. The zero-order valence-electron chi connectivity index (χ0n) is 8.20. The van der Waals surface area contributed by atoms with E-state index in [1.165, 1.54) is 16.4 Å². The fourth-order valence-electron chi connectivity index (χ4n) is 1.44. The maximum absolute atomic E-state index is 4.26. The molecule has 0 aromatic carbocycles. The van der Waals surface area contributed by atoms with Gasteiger partial charge in [-0.05, 0) is 35.9 Å². The van der Waals surface area contributed by atoms with Gasteiger partial charge >= 0.3 is 0 Å². The van der Waals surface area contributed by atoms with Crippen LogP contribution in [-0.2, 0) is 5.41 Å². The lowest BCUT2D eigenvalue weighted by Crippen LogP contribution is -2.12. The van der Waals surface area contributed by atoms with Gasteiger partial charge in [0.1, 0.15) is 5.03 Å². The Balaban J connectivity index is 3.34. The van der Waals surface area contributed by atoms with Gasteiger partial charge in [0, 0.05) is 5.56 Å². The van der Waals surface area contributed by atoms with Crippen LogP contribution >= 0.6 is 35.3 Å². The smallest absolute Gasteiger partial charge is 0.121 e. The van der Waals surface area contributed by atoms with Gasteiger partial charge in [-0.25, -0.2) is 4.09 Å². The zero-order chi connectivity index (χ0) is 10.2. The van der Waals surface area contributed by atoms with E-state index in [1.807, 2.05) is 6.92 Å².